The number of halogens is 3. The number of rotatable bonds is 6. The van der Waals surface area contributed by atoms with Crippen molar-refractivity contribution in [3.63, 3.8) is 0 Å². The number of carbonyl (C=O) groups excluding carboxylic acids is 3. The average Bonchev–Trinajstić information content (AvgIpc) is 3.08. The van der Waals surface area contributed by atoms with Crippen molar-refractivity contribution in [3.05, 3.63) is 65.2 Å². The van der Waals surface area contributed by atoms with E-state index in [2.05, 4.69) is 5.32 Å². The smallest absolute Gasteiger partial charge is 0.416 e. The van der Waals surface area contributed by atoms with Crippen LogP contribution in [0.1, 0.15) is 23.1 Å². The van der Waals surface area contributed by atoms with E-state index < -0.39 is 36.1 Å². The molecular formula is C22H21F3N2O4. The normalized spacial score (nSPS) is 16.3. The number of nitrogens with one attached hydrogen (secondary N) is 1. The zero-order chi connectivity index (χ0) is 22.6. The third-order valence-corrected chi connectivity index (χ3v) is 4.86. The topological polar surface area (TPSA) is 75.7 Å². The zero-order valence-electron chi connectivity index (χ0n) is 16.7. The molecule has 2 amide bonds. The van der Waals surface area contributed by atoms with Gasteiger partial charge in [-0.1, -0.05) is 35.9 Å². The molecule has 1 aliphatic rings. The molecule has 1 heterocycles. The summed E-state index contributed by atoms with van der Waals surface area (Å²) in [6.45, 7) is 1.86. The van der Waals surface area contributed by atoms with Gasteiger partial charge in [0.25, 0.3) is 5.91 Å². The molecule has 2 aromatic rings. The minimum Gasteiger partial charge on any atom is -0.455 e. The summed E-state index contributed by atoms with van der Waals surface area (Å²) in [5, 5.41) is 2.26. The fourth-order valence-electron chi connectivity index (χ4n) is 3.22. The number of anilines is 1. The molecule has 0 bridgehead atoms. The summed E-state index contributed by atoms with van der Waals surface area (Å²) in [4.78, 5) is 37.9. The first-order valence-electron chi connectivity index (χ1n) is 9.59. The fourth-order valence-corrected chi connectivity index (χ4v) is 3.22. The quantitative estimate of drug-likeness (QED) is 0.706. The third-order valence-electron chi connectivity index (χ3n) is 4.86. The molecule has 1 aliphatic heterocycles. The molecule has 9 heteroatoms. The zero-order valence-corrected chi connectivity index (χ0v) is 16.7. The Morgan fingerprint density at radius 3 is 2.55 bits per heavy atom. The summed E-state index contributed by atoms with van der Waals surface area (Å²) in [5.74, 6) is -2.34. The van der Waals surface area contributed by atoms with Crippen LogP contribution in [0.3, 0.4) is 0 Å². The van der Waals surface area contributed by atoms with Crippen molar-refractivity contribution in [1.29, 1.82) is 0 Å². The minimum absolute atomic E-state index is 0.0139. The number of nitrogens with zero attached hydrogens (tertiary/aromatic N) is 1. The van der Waals surface area contributed by atoms with Crippen molar-refractivity contribution < 1.29 is 32.3 Å². The second-order valence-corrected chi connectivity index (χ2v) is 7.40. The number of ether oxygens (including phenoxy) is 1. The lowest BCUT2D eigenvalue weighted by atomic mass is 10.1. The Morgan fingerprint density at radius 1 is 1.16 bits per heavy atom. The molecule has 0 saturated carbocycles. The van der Waals surface area contributed by atoms with Gasteiger partial charge in [-0.2, -0.15) is 13.2 Å². The highest BCUT2D eigenvalue weighted by atomic mass is 19.4. The van der Waals surface area contributed by atoms with Crippen molar-refractivity contribution in [2.75, 3.05) is 18.5 Å². The largest absolute Gasteiger partial charge is 0.455 e. The van der Waals surface area contributed by atoms with Crippen LogP contribution in [0.5, 0.6) is 0 Å². The Kier molecular flexibility index (Phi) is 6.62. The van der Waals surface area contributed by atoms with Gasteiger partial charge < -0.3 is 15.0 Å². The minimum atomic E-state index is -4.54. The predicted octanol–water partition coefficient (Wildman–Crippen LogP) is 3.54. The number of alkyl halides is 3. The van der Waals surface area contributed by atoms with E-state index in [0.717, 1.165) is 29.3 Å². The van der Waals surface area contributed by atoms with E-state index in [1.807, 2.05) is 31.2 Å². The maximum Gasteiger partial charge on any atom is 0.416 e. The van der Waals surface area contributed by atoms with Gasteiger partial charge in [0.15, 0.2) is 6.61 Å². The van der Waals surface area contributed by atoms with E-state index in [0.29, 0.717) is 6.54 Å². The van der Waals surface area contributed by atoms with Crippen LogP contribution in [-0.4, -0.2) is 35.8 Å². The van der Waals surface area contributed by atoms with E-state index in [1.54, 1.807) is 4.90 Å². The molecule has 0 spiro atoms. The van der Waals surface area contributed by atoms with Crippen molar-refractivity contribution in [2.45, 2.75) is 26.1 Å². The van der Waals surface area contributed by atoms with Gasteiger partial charge in [-0.3, -0.25) is 14.4 Å². The molecule has 1 fully saturated rings. The molecule has 0 aromatic heterocycles. The summed E-state index contributed by atoms with van der Waals surface area (Å²) >= 11 is 0. The molecule has 164 valence electrons. The van der Waals surface area contributed by atoms with Crippen LogP contribution in [-0.2, 0) is 31.8 Å². The van der Waals surface area contributed by atoms with Gasteiger partial charge in [0.1, 0.15) is 0 Å². The Hall–Kier alpha value is -3.36. The average molecular weight is 434 g/mol. The van der Waals surface area contributed by atoms with Crippen molar-refractivity contribution >= 4 is 23.5 Å². The Labute approximate surface area is 177 Å². The standard InChI is InChI=1S/C22H21F3N2O4/c1-14-5-7-15(8-6-14)11-27-12-16(9-20(27)29)21(30)31-13-19(28)26-18-4-2-3-17(10-18)22(23,24)25/h2-8,10,16H,9,11-13H2,1H3,(H,26,28)/t16-/m1/s1. The van der Waals surface area contributed by atoms with Crippen molar-refractivity contribution in [2.24, 2.45) is 5.92 Å². The number of amides is 2. The van der Waals surface area contributed by atoms with Crippen LogP contribution in [0.4, 0.5) is 18.9 Å². The van der Waals surface area contributed by atoms with Crippen LogP contribution in [0.2, 0.25) is 0 Å². The fraction of sp³-hybridized carbons (Fsp3) is 0.318. The number of esters is 1. The summed E-state index contributed by atoms with van der Waals surface area (Å²) in [7, 11) is 0. The highest BCUT2D eigenvalue weighted by Gasteiger charge is 2.35. The number of hydrogen-bond donors (Lipinski definition) is 1. The van der Waals surface area contributed by atoms with E-state index in [4.69, 9.17) is 4.74 Å². The van der Waals surface area contributed by atoms with Gasteiger partial charge in [0.2, 0.25) is 5.91 Å². The molecule has 0 radical (unpaired) electrons. The number of aryl methyl sites for hydroxylation is 1. The molecule has 0 aliphatic carbocycles. The van der Waals surface area contributed by atoms with Gasteiger partial charge >= 0.3 is 12.1 Å². The van der Waals surface area contributed by atoms with Gasteiger partial charge in [-0.15, -0.1) is 0 Å². The molecule has 6 nitrogen and oxygen atoms in total. The Morgan fingerprint density at radius 2 is 1.87 bits per heavy atom. The molecule has 1 atom stereocenters. The highest BCUT2D eigenvalue weighted by Crippen LogP contribution is 2.30. The maximum atomic E-state index is 12.7. The third kappa shape index (κ3) is 6.07. The monoisotopic (exact) mass is 434 g/mol. The van der Waals surface area contributed by atoms with E-state index in [9.17, 15) is 27.6 Å². The van der Waals surface area contributed by atoms with E-state index in [-0.39, 0.29) is 24.6 Å². The van der Waals surface area contributed by atoms with Gasteiger partial charge in [0.05, 0.1) is 11.5 Å². The lowest BCUT2D eigenvalue weighted by Gasteiger charge is -2.16. The summed E-state index contributed by atoms with van der Waals surface area (Å²) in [5.41, 5.74) is 1.08. The number of carbonyl (C=O) groups is 3. The molecule has 3 rings (SSSR count). The Balaban J connectivity index is 1.49. The van der Waals surface area contributed by atoms with Crippen LogP contribution < -0.4 is 5.32 Å². The highest BCUT2D eigenvalue weighted by molar-refractivity contribution is 5.93. The van der Waals surface area contributed by atoms with Crippen LogP contribution in [0.15, 0.2) is 48.5 Å². The molecule has 0 unspecified atom stereocenters. The van der Waals surface area contributed by atoms with Crippen LogP contribution >= 0.6 is 0 Å². The Bertz CT molecular complexity index is 973. The number of benzene rings is 2. The van der Waals surface area contributed by atoms with Gasteiger partial charge in [0, 0.05) is 25.2 Å². The molecule has 31 heavy (non-hydrogen) atoms. The first-order chi connectivity index (χ1) is 14.6. The molecule has 1 N–H and O–H groups in total. The molecule has 1 saturated heterocycles. The summed E-state index contributed by atoms with van der Waals surface area (Å²) in [6.07, 6.45) is -4.55. The first kappa shape index (κ1) is 22.3. The predicted molar refractivity (Wildman–Crippen MR) is 106 cm³/mol. The summed E-state index contributed by atoms with van der Waals surface area (Å²) < 4.78 is 43.2. The lowest BCUT2D eigenvalue weighted by molar-refractivity contribution is -0.151. The number of likely N-dealkylation sites (tertiary alicyclic amines) is 1. The maximum absolute atomic E-state index is 12.7. The van der Waals surface area contributed by atoms with Crippen molar-refractivity contribution in [3.8, 4) is 0 Å². The van der Waals surface area contributed by atoms with Crippen molar-refractivity contribution in [1.82, 2.24) is 4.90 Å². The second kappa shape index (κ2) is 9.20. The lowest BCUT2D eigenvalue weighted by Crippen LogP contribution is -2.28. The summed E-state index contributed by atoms with van der Waals surface area (Å²) in [6, 6.07) is 11.8. The van der Waals surface area contributed by atoms with E-state index in [1.165, 1.54) is 6.07 Å². The first-order valence-corrected chi connectivity index (χ1v) is 9.59. The van der Waals surface area contributed by atoms with Gasteiger partial charge in [-0.05, 0) is 30.7 Å². The second-order valence-electron chi connectivity index (χ2n) is 7.40. The van der Waals surface area contributed by atoms with E-state index >= 15 is 0 Å². The number of hydrogen-bond acceptors (Lipinski definition) is 4. The van der Waals surface area contributed by atoms with Gasteiger partial charge in [-0.25, -0.2) is 0 Å². The molecular weight excluding hydrogens is 413 g/mol. The van der Waals surface area contributed by atoms with Crippen LogP contribution in [0, 0.1) is 12.8 Å². The molecule has 2 aromatic carbocycles. The van der Waals surface area contributed by atoms with Crippen LogP contribution in [0.25, 0.3) is 0 Å². The SMILES string of the molecule is Cc1ccc(CN2C[C@H](C(=O)OCC(=O)Nc3cccc(C(F)(F)F)c3)CC2=O)cc1.